The van der Waals surface area contributed by atoms with E-state index in [1.807, 2.05) is 6.92 Å². The van der Waals surface area contributed by atoms with Crippen molar-refractivity contribution >= 4 is 27.6 Å². The molecule has 1 N–H and O–H groups in total. The maximum absolute atomic E-state index is 13.4. The summed E-state index contributed by atoms with van der Waals surface area (Å²) in [5, 5.41) is 0.692. The first-order valence-corrected chi connectivity index (χ1v) is 12.5. The lowest BCUT2D eigenvalue weighted by Crippen LogP contribution is -2.57. The molecule has 1 heterocycles. The van der Waals surface area contributed by atoms with Crippen LogP contribution in [0.1, 0.15) is 35.7 Å². The summed E-state index contributed by atoms with van der Waals surface area (Å²) >= 11 is 0. The van der Waals surface area contributed by atoms with E-state index in [0.29, 0.717) is 30.6 Å². The SMILES string of the molecule is CCCC(=O)N1CCN(C(=O)C(NC(=O)c2ccccc2C)S(=O)(=O)c2ccccc2)CC1. The van der Waals surface area contributed by atoms with Crippen LogP contribution in [-0.4, -0.2) is 67.5 Å². The molecule has 1 fully saturated rings. The zero-order valence-electron chi connectivity index (χ0n) is 18.9. The van der Waals surface area contributed by atoms with Crippen molar-refractivity contribution in [3.63, 3.8) is 0 Å². The second-order valence-electron chi connectivity index (χ2n) is 7.98. The number of amides is 3. The highest BCUT2D eigenvalue weighted by molar-refractivity contribution is 7.92. The summed E-state index contributed by atoms with van der Waals surface area (Å²) in [4.78, 5) is 41.5. The molecule has 3 amide bonds. The van der Waals surface area contributed by atoms with Gasteiger partial charge >= 0.3 is 0 Å². The number of carbonyl (C=O) groups is 3. The summed E-state index contributed by atoms with van der Waals surface area (Å²) < 4.78 is 26.8. The van der Waals surface area contributed by atoms with E-state index in [2.05, 4.69) is 5.32 Å². The molecule has 0 radical (unpaired) electrons. The van der Waals surface area contributed by atoms with Gasteiger partial charge in [0.25, 0.3) is 11.8 Å². The van der Waals surface area contributed by atoms with Gasteiger partial charge in [0.05, 0.1) is 4.90 Å². The summed E-state index contributed by atoms with van der Waals surface area (Å²) in [6, 6.07) is 14.4. The number of nitrogens with one attached hydrogen (secondary N) is 1. The molecule has 176 valence electrons. The number of hydrogen-bond acceptors (Lipinski definition) is 5. The van der Waals surface area contributed by atoms with E-state index in [-0.39, 0.29) is 23.9 Å². The predicted octanol–water partition coefficient (Wildman–Crippen LogP) is 2.00. The minimum atomic E-state index is -4.21. The number of rotatable bonds is 7. The molecule has 8 nitrogen and oxygen atoms in total. The Morgan fingerprint density at radius 3 is 2.09 bits per heavy atom. The maximum atomic E-state index is 13.4. The molecule has 9 heteroatoms. The largest absolute Gasteiger partial charge is 0.339 e. The Hall–Kier alpha value is -3.20. The first kappa shape index (κ1) is 24.4. The quantitative estimate of drug-likeness (QED) is 0.665. The van der Waals surface area contributed by atoms with Crippen molar-refractivity contribution < 1.29 is 22.8 Å². The predicted molar refractivity (Wildman–Crippen MR) is 124 cm³/mol. The highest BCUT2D eigenvalue weighted by atomic mass is 32.2. The van der Waals surface area contributed by atoms with Gasteiger partial charge in [0, 0.05) is 38.2 Å². The van der Waals surface area contributed by atoms with E-state index < -0.39 is 27.0 Å². The van der Waals surface area contributed by atoms with Crippen LogP contribution in [0.2, 0.25) is 0 Å². The minimum Gasteiger partial charge on any atom is -0.339 e. The Kier molecular flexibility index (Phi) is 7.86. The van der Waals surface area contributed by atoms with Gasteiger partial charge in [-0.3, -0.25) is 14.4 Å². The standard InChI is InChI=1S/C24H29N3O5S/c1-3-9-21(28)26-14-16-27(17-15-26)24(30)23(33(31,32)19-11-5-4-6-12-19)25-22(29)20-13-8-7-10-18(20)2/h4-8,10-13,23H,3,9,14-17H2,1-2H3,(H,25,29). The second kappa shape index (κ2) is 10.6. The van der Waals surface area contributed by atoms with E-state index in [0.717, 1.165) is 6.42 Å². The van der Waals surface area contributed by atoms with Gasteiger partial charge in [-0.05, 0) is 37.1 Å². The van der Waals surface area contributed by atoms with Gasteiger partial charge in [-0.25, -0.2) is 8.42 Å². The average molecular weight is 472 g/mol. The Bertz CT molecular complexity index is 1110. The van der Waals surface area contributed by atoms with E-state index in [1.54, 1.807) is 54.3 Å². The fraction of sp³-hybridized carbons (Fsp3) is 0.375. The molecular weight excluding hydrogens is 442 g/mol. The number of nitrogens with zero attached hydrogens (tertiary/aromatic N) is 2. The van der Waals surface area contributed by atoms with Crippen LogP contribution in [-0.2, 0) is 19.4 Å². The summed E-state index contributed by atoms with van der Waals surface area (Å²) in [7, 11) is -4.21. The van der Waals surface area contributed by atoms with Crippen LogP contribution >= 0.6 is 0 Å². The highest BCUT2D eigenvalue weighted by Gasteiger charge is 2.39. The summed E-state index contributed by atoms with van der Waals surface area (Å²) in [5.74, 6) is -1.32. The third kappa shape index (κ3) is 5.60. The monoisotopic (exact) mass is 471 g/mol. The molecule has 2 aromatic carbocycles. The lowest BCUT2D eigenvalue weighted by molar-refractivity contribution is -0.139. The lowest BCUT2D eigenvalue weighted by atomic mass is 10.1. The van der Waals surface area contributed by atoms with Crippen LogP contribution in [0.5, 0.6) is 0 Å². The Balaban J connectivity index is 1.86. The first-order chi connectivity index (χ1) is 15.8. The van der Waals surface area contributed by atoms with Gasteiger partial charge in [-0.15, -0.1) is 0 Å². The molecule has 33 heavy (non-hydrogen) atoms. The van der Waals surface area contributed by atoms with Crippen molar-refractivity contribution in [1.29, 1.82) is 0 Å². The van der Waals surface area contributed by atoms with Gasteiger partial charge < -0.3 is 15.1 Å². The molecule has 1 atom stereocenters. The molecule has 0 saturated carbocycles. The smallest absolute Gasteiger partial charge is 0.261 e. The van der Waals surface area contributed by atoms with E-state index in [4.69, 9.17) is 0 Å². The molecule has 0 bridgehead atoms. The van der Waals surface area contributed by atoms with Gasteiger partial charge in [0.1, 0.15) is 0 Å². The number of carbonyl (C=O) groups excluding carboxylic acids is 3. The van der Waals surface area contributed by atoms with Crippen molar-refractivity contribution in [2.24, 2.45) is 0 Å². The fourth-order valence-electron chi connectivity index (χ4n) is 3.76. The van der Waals surface area contributed by atoms with Crippen LogP contribution < -0.4 is 5.32 Å². The molecule has 2 aromatic rings. The van der Waals surface area contributed by atoms with Gasteiger partial charge in [0.15, 0.2) is 0 Å². The third-order valence-corrected chi connectivity index (χ3v) is 7.54. The molecular formula is C24H29N3O5S. The van der Waals surface area contributed by atoms with Crippen LogP contribution in [0.25, 0.3) is 0 Å². The number of aryl methyl sites for hydroxylation is 1. The van der Waals surface area contributed by atoms with Gasteiger partial charge in [-0.2, -0.15) is 0 Å². The van der Waals surface area contributed by atoms with Crippen LogP contribution in [0.3, 0.4) is 0 Å². The molecule has 1 saturated heterocycles. The topological polar surface area (TPSA) is 104 Å². The number of hydrogen-bond donors (Lipinski definition) is 1. The number of piperazine rings is 1. The molecule has 3 rings (SSSR count). The molecule has 1 aliphatic heterocycles. The van der Waals surface area contributed by atoms with Crippen molar-refractivity contribution in [3.8, 4) is 0 Å². The van der Waals surface area contributed by atoms with E-state index >= 15 is 0 Å². The zero-order chi connectivity index (χ0) is 24.0. The van der Waals surface area contributed by atoms with Crippen LogP contribution in [0, 0.1) is 6.92 Å². The second-order valence-corrected chi connectivity index (χ2v) is 10.0. The van der Waals surface area contributed by atoms with E-state index in [9.17, 15) is 22.8 Å². The molecule has 1 aliphatic rings. The summed E-state index contributed by atoms with van der Waals surface area (Å²) in [5.41, 5.74) is 0.968. The van der Waals surface area contributed by atoms with Crippen molar-refractivity contribution in [1.82, 2.24) is 15.1 Å². The van der Waals surface area contributed by atoms with Crippen molar-refractivity contribution in [3.05, 3.63) is 65.7 Å². The fourth-order valence-corrected chi connectivity index (χ4v) is 5.24. The van der Waals surface area contributed by atoms with Gasteiger partial charge in [0.2, 0.25) is 21.1 Å². The van der Waals surface area contributed by atoms with Crippen LogP contribution in [0.15, 0.2) is 59.5 Å². The Morgan fingerprint density at radius 1 is 0.909 bits per heavy atom. The minimum absolute atomic E-state index is 0.0194. The zero-order valence-corrected chi connectivity index (χ0v) is 19.7. The Labute approximate surface area is 194 Å². The molecule has 1 unspecified atom stereocenters. The molecule has 0 spiro atoms. The third-order valence-electron chi connectivity index (χ3n) is 5.67. The average Bonchev–Trinajstić information content (AvgIpc) is 2.83. The maximum Gasteiger partial charge on any atom is 0.261 e. The van der Waals surface area contributed by atoms with Crippen molar-refractivity contribution in [2.75, 3.05) is 26.2 Å². The first-order valence-electron chi connectivity index (χ1n) is 11.0. The number of benzene rings is 2. The molecule has 0 aromatic heterocycles. The lowest BCUT2D eigenvalue weighted by Gasteiger charge is -2.36. The highest BCUT2D eigenvalue weighted by Crippen LogP contribution is 2.19. The summed E-state index contributed by atoms with van der Waals surface area (Å²) in [6.45, 7) is 4.73. The van der Waals surface area contributed by atoms with Crippen molar-refractivity contribution in [2.45, 2.75) is 37.0 Å². The Morgan fingerprint density at radius 2 is 1.48 bits per heavy atom. The molecule has 0 aliphatic carbocycles. The normalized spacial score (nSPS) is 15.1. The number of sulfone groups is 1. The van der Waals surface area contributed by atoms with E-state index in [1.165, 1.54) is 17.0 Å². The summed E-state index contributed by atoms with van der Waals surface area (Å²) in [6.07, 6.45) is 1.17. The van der Waals surface area contributed by atoms with Gasteiger partial charge in [-0.1, -0.05) is 43.3 Å². The van der Waals surface area contributed by atoms with Crippen LogP contribution in [0.4, 0.5) is 0 Å².